The Morgan fingerprint density at radius 3 is 2.80 bits per heavy atom. The molecule has 0 spiro atoms. The Bertz CT molecular complexity index is 551. The zero-order chi connectivity index (χ0) is 13.4. The van der Waals surface area contributed by atoms with Gasteiger partial charge in [0.05, 0.1) is 16.8 Å². The molecule has 106 valence electrons. The van der Waals surface area contributed by atoms with E-state index in [4.69, 9.17) is 4.98 Å². The first-order chi connectivity index (χ1) is 9.88. The molecule has 0 atom stereocenters. The van der Waals surface area contributed by atoms with Crippen LogP contribution in [0.2, 0.25) is 0 Å². The van der Waals surface area contributed by atoms with Crippen LogP contribution in [0.4, 0.5) is 0 Å². The van der Waals surface area contributed by atoms with E-state index in [0.29, 0.717) is 0 Å². The molecule has 0 amide bonds. The van der Waals surface area contributed by atoms with Gasteiger partial charge in [-0.25, -0.2) is 4.98 Å². The lowest BCUT2D eigenvalue weighted by atomic mass is 10.1. The molecule has 0 radical (unpaired) electrons. The Hall–Kier alpha value is -1.01. The Labute approximate surface area is 123 Å². The van der Waals surface area contributed by atoms with Crippen LogP contribution in [0.1, 0.15) is 5.01 Å². The van der Waals surface area contributed by atoms with Crippen molar-refractivity contribution < 1.29 is 0 Å². The fourth-order valence-corrected chi connectivity index (χ4v) is 4.14. The number of nitrogens with one attached hydrogen (secondary N) is 1. The number of benzene rings is 1. The number of rotatable bonds is 3. The Balaban J connectivity index is 1.34. The van der Waals surface area contributed by atoms with E-state index in [0.717, 1.165) is 31.2 Å². The average Bonchev–Trinajstić information content (AvgIpc) is 2.86. The minimum Gasteiger partial charge on any atom is -0.314 e. The first-order valence-corrected chi connectivity index (χ1v) is 8.22. The van der Waals surface area contributed by atoms with Gasteiger partial charge in [0, 0.05) is 45.3 Å². The monoisotopic (exact) mass is 288 g/mol. The predicted octanol–water partition coefficient (Wildman–Crippen LogP) is 1.39. The summed E-state index contributed by atoms with van der Waals surface area (Å²) in [5.41, 5.74) is 1.15. The third kappa shape index (κ3) is 2.46. The highest BCUT2D eigenvalue weighted by molar-refractivity contribution is 7.18. The van der Waals surface area contributed by atoms with E-state index in [2.05, 4.69) is 39.4 Å². The molecule has 2 fully saturated rings. The van der Waals surface area contributed by atoms with E-state index in [1.165, 1.54) is 35.9 Å². The minimum absolute atomic E-state index is 0.770. The zero-order valence-electron chi connectivity index (χ0n) is 11.6. The lowest BCUT2D eigenvalue weighted by Gasteiger charge is -2.46. The van der Waals surface area contributed by atoms with Crippen molar-refractivity contribution in [3.8, 4) is 0 Å². The molecule has 1 aromatic carbocycles. The molecule has 0 saturated carbocycles. The number of nitrogens with zero attached hydrogens (tertiary/aromatic N) is 3. The highest BCUT2D eigenvalue weighted by Crippen LogP contribution is 2.25. The van der Waals surface area contributed by atoms with Gasteiger partial charge < -0.3 is 5.32 Å². The molecule has 5 heteroatoms. The van der Waals surface area contributed by atoms with Crippen LogP contribution in [-0.2, 0) is 6.54 Å². The molecule has 2 aliphatic rings. The van der Waals surface area contributed by atoms with Gasteiger partial charge in [0.1, 0.15) is 5.01 Å². The van der Waals surface area contributed by atoms with Crippen LogP contribution in [-0.4, -0.2) is 60.1 Å². The third-order valence-electron chi connectivity index (χ3n) is 4.30. The third-order valence-corrected chi connectivity index (χ3v) is 5.32. The van der Waals surface area contributed by atoms with Crippen molar-refractivity contribution in [2.24, 2.45) is 0 Å². The Morgan fingerprint density at radius 2 is 2.00 bits per heavy atom. The minimum atomic E-state index is 0.770. The van der Waals surface area contributed by atoms with Gasteiger partial charge in [0.2, 0.25) is 0 Å². The standard InChI is InChI=1S/C15H20N4S/c1-2-4-14-13(3-1)17-15(20-14)11-18-9-12(10-18)19-7-5-16-6-8-19/h1-4,12,16H,5-11H2. The van der Waals surface area contributed by atoms with Gasteiger partial charge in [-0.2, -0.15) is 0 Å². The van der Waals surface area contributed by atoms with Crippen molar-refractivity contribution in [3.63, 3.8) is 0 Å². The largest absolute Gasteiger partial charge is 0.314 e. The summed E-state index contributed by atoms with van der Waals surface area (Å²) in [4.78, 5) is 9.87. The molecule has 1 aromatic heterocycles. The van der Waals surface area contributed by atoms with Crippen LogP contribution in [0.5, 0.6) is 0 Å². The van der Waals surface area contributed by atoms with Gasteiger partial charge in [-0.1, -0.05) is 12.1 Å². The summed E-state index contributed by atoms with van der Waals surface area (Å²) < 4.78 is 1.31. The van der Waals surface area contributed by atoms with E-state index in [-0.39, 0.29) is 0 Å². The topological polar surface area (TPSA) is 31.4 Å². The quantitative estimate of drug-likeness (QED) is 0.925. The Morgan fingerprint density at radius 1 is 1.20 bits per heavy atom. The first kappa shape index (κ1) is 12.7. The molecule has 3 heterocycles. The number of likely N-dealkylation sites (tertiary alicyclic amines) is 1. The lowest BCUT2D eigenvalue weighted by Crippen LogP contribution is -2.62. The highest BCUT2D eigenvalue weighted by atomic mass is 32.1. The van der Waals surface area contributed by atoms with Gasteiger partial charge in [0.15, 0.2) is 0 Å². The van der Waals surface area contributed by atoms with Crippen molar-refractivity contribution in [3.05, 3.63) is 29.3 Å². The van der Waals surface area contributed by atoms with Crippen molar-refractivity contribution in [1.82, 2.24) is 20.1 Å². The number of thiazole rings is 1. The average molecular weight is 288 g/mol. The number of aromatic nitrogens is 1. The number of fused-ring (bicyclic) bond motifs is 1. The fraction of sp³-hybridized carbons (Fsp3) is 0.533. The Kier molecular flexibility index (Phi) is 3.44. The summed E-state index contributed by atoms with van der Waals surface area (Å²) >= 11 is 1.84. The van der Waals surface area contributed by atoms with Gasteiger partial charge in [-0.3, -0.25) is 9.80 Å². The van der Waals surface area contributed by atoms with Crippen molar-refractivity contribution in [2.45, 2.75) is 12.6 Å². The van der Waals surface area contributed by atoms with Crippen molar-refractivity contribution in [2.75, 3.05) is 39.3 Å². The van der Waals surface area contributed by atoms with E-state index in [1.807, 2.05) is 11.3 Å². The van der Waals surface area contributed by atoms with Gasteiger partial charge >= 0.3 is 0 Å². The summed E-state index contributed by atoms with van der Waals surface area (Å²) in [7, 11) is 0. The summed E-state index contributed by atoms with van der Waals surface area (Å²) in [6, 6.07) is 9.20. The molecule has 20 heavy (non-hydrogen) atoms. The second-order valence-electron chi connectivity index (χ2n) is 5.71. The lowest BCUT2D eigenvalue weighted by molar-refractivity contribution is 0.0223. The summed E-state index contributed by atoms with van der Waals surface area (Å²) in [5, 5.41) is 4.67. The summed E-state index contributed by atoms with van der Waals surface area (Å²) in [6.45, 7) is 8.13. The molecule has 0 bridgehead atoms. The van der Waals surface area contributed by atoms with E-state index >= 15 is 0 Å². The smallest absolute Gasteiger partial charge is 0.108 e. The maximum absolute atomic E-state index is 4.73. The predicted molar refractivity (Wildman–Crippen MR) is 83.1 cm³/mol. The van der Waals surface area contributed by atoms with Crippen LogP contribution in [0.25, 0.3) is 10.2 Å². The van der Waals surface area contributed by atoms with Gasteiger partial charge in [-0.05, 0) is 12.1 Å². The van der Waals surface area contributed by atoms with E-state index in [9.17, 15) is 0 Å². The van der Waals surface area contributed by atoms with Crippen LogP contribution < -0.4 is 5.32 Å². The summed E-state index contributed by atoms with van der Waals surface area (Å²) in [5.74, 6) is 0. The molecular formula is C15H20N4S. The molecule has 0 aliphatic carbocycles. The molecule has 0 unspecified atom stereocenters. The number of piperazine rings is 1. The second kappa shape index (κ2) is 5.41. The highest BCUT2D eigenvalue weighted by Gasteiger charge is 2.32. The van der Waals surface area contributed by atoms with Crippen molar-refractivity contribution in [1.29, 1.82) is 0 Å². The molecule has 2 aliphatic heterocycles. The van der Waals surface area contributed by atoms with Crippen LogP contribution in [0.3, 0.4) is 0 Å². The van der Waals surface area contributed by atoms with Crippen LogP contribution >= 0.6 is 11.3 Å². The van der Waals surface area contributed by atoms with Gasteiger partial charge in [-0.15, -0.1) is 11.3 Å². The maximum Gasteiger partial charge on any atom is 0.108 e. The second-order valence-corrected chi connectivity index (χ2v) is 6.82. The molecule has 1 N–H and O–H groups in total. The zero-order valence-corrected chi connectivity index (χ0v) is 12.4. The maximum atomic E-state index is 4.73. The fourth-order valence-electron chi connectivity index (χ4n) is 3.13. The van der Waals surface area contributed by atoms with E-state index in [1.54, 1.807) is 0 Å². The normalized spacial score (nSPS) is 22.2. The SMILES string of the molecule is c1ccc2sc(CN3CC(N4CCNCC4)C3)nc2c1. The molecule has 2 saturated heterocycles. The number of para-hydroxylation sites is 1. The van der Waals surface area contributed by atoms with Crippen LogP contribution in [0, 0.1) is 0 Å². The number of hydrogen-bond donors (Lipinski definition) is 1. The molecule has 4 nitrogen and oxygen atoms in total. The van der Waals surface area contributed by atoms with E-state index < -0.39 is 0 Å². The first-order valence-electron chi connectivity index (χ1n) is 7.40. The molecular weight excluding hydrogens is 268 g/mol. The van der Waals surface area contributed by atoms with Gasteiger partial charge in [0.25, 0.3) is 0 Å². The molecule has 4 rings (SSSR count). The van der Waals surface area contributed by atoms with Crippen LogP contribution in [0.15, 0.2) is 24.3 Å². The number of hydrogen-bond acceptors (Lipinski definition) is 5. The molecule has 2 aromatic rings. The van der Waals surface area contributed by atoms with Crippen molar-refractivity contribution >= 4 is 21.6 Å². The summed E-state index contributed by atoms with van der Waals surface area (Å²) in [6.07, 6.45) is 0.